The SMILES string of the molecule is CCOc1ccc2nc(N3CC(C(=O)NC4CCC4)CC3=O)sc2c1. The molecule has 2 heterocycles. The lowest BCUT2D eigenvalue weighted by Crippen LogP contribution is -2.43. The molecule has 6 nitrogen and oxygen atoms in total. The Bertz CT molecular complexity index is 815. The van der Waals surface area contributed by atoms with Gasteiger partial charge in [0.2, 0.25) is 11.8 Å². The summed E-state index contributed by atoms with van der Waals surface area (Å²) >= 11 is 1.46. The van der Waals surface area contributed by atoms with Gasteiger partial charge in [-0.1, -0.05) is 11.3 Å². The normalized spacial score (nSPS) is 20.8. The Morgan fingerprint density at radius 2 is 2.28 bits per heavy atom. The first-order valence-electron chi connectivity index (χ1n) is 8.78. The number of anilines is 1. The van der Waals surface area contributed by atoms with Gasteiger partial charge in [-0.2, -0.15) is 0 Å². The van der Waals surface area contributed by atoms with Gasteiger partial charge in [-0.3, -0.25) is 14.5 Å². The predicted molar refractivity (Wildman–Crippen MR) is 97.0 cm³/mol. The van der Waals surface area contributed by atoms with E-state index >= 15 is 0 Å². The molecule has 1 aliphatic heterocycles. The number of aromatic nitrogens is 1. The molecule has 0 radical (unpaired) electrons. The lowest BCUT2D eigenvalue weighted by atomic mass is 9.92. The summed E-state index contributed by atoms with van der Waals surface area (Å²) in [5.41, 5.74) is 0.846. The number of nitrogens with zero attached hydrogens (tertiary/aromatic N) is 2. The number of rotatable bonds is 5. The molecule has 1 saturated carbocycles. The van der Waals surface area contributed by atoms with Gasteiger partial charge in [-0.15, -0.1) is 0 Å². The molecule has 1 atom stereocenters. The summed E-state index contributed by atoms with van der Waals surface area (Å²) < 4.78 is 6.50. The predicted octanol–water partition coefficient (Wildman–Crippen LogP) is 2.72. The molecule has 1 unspecified atom stereocenters. The van der Waals surface area contributed by atoms with Gasteiger partial charge in [0, 0.05) is 19.0 Å². The molecule has 1 saturated heterocycles. The highest BCUT2D eigenvalue weighted by molar-refractivity contribution is 7.22. The van der Waals surface area contributed by atoms with Crippen LogP contribution in [0.2, 0.25) is 0 Å². The summed E-state index contributed by atoms with van der Waals surface area (Å²) in [5, 5.41) is 3.71. The van der Waals surface area contributed by atoms with Crippen molar-refractivity contribution in [3.63, 3.8) is 0 Å². The molecule has 7 heteroatoms. The van der Waals surface area contributed by atoms with E-state index in [2.05, 4.69) is 10.3 Å². The van der Waals surface area contributed by atoms with E-state index in [0.717, 1.165) is 28.8 Å². The van der Waals surface area contributed by atoms with Crippen LogP contribution in [-0.4, -0.2) is 36.0 Å². The fourth-order valence-corrected chi connectivity index (χ4v) is 4.22. The highest BCUT2D eigenvalue weighted by Gasteiger charge is 2.37. The number of amides is 2. The van der Waals surface area contributed by atoms with Crippen molar-refractivity contribution in [1.82, 2.24) is 10.3 Å². The molecule has 25 heavy (non-hydrogen) atoms. The Labute approximate surface area is 150 Å². The molecule has 1 aliphatic carbocycles. The van der Waals surface area contributed by atoms with Crippen LogP contribution in [0.15, 0.2) is 18.2 Å². The molecule has 1 aromatic heterocycles. The van der Waals surface area contributed by atoms with E-state index in [0.29, 0.717) is 24.3 Å². The van der Waals surface area contributed by atoms with Crippen LogP contribution in [0.1, 0.15) is 32.6 Å². The number of carbonyl (C=O) groups excluding carboxylic acids is 2. The van der Waals surface area contributed by atoms with Crippen molar-refractivity contribution >= 4 is 38.5 Å². The van der Waals surface area contributed by atoms with Crippen LogP contribution in [0.5, 0.6) is 5.75 Å². The zero-order valence-electron chi connectivity index (χ0n) is 14.2. The van der Waals surface area contributed by atoms with Crippen LogP contribution in [-0.2, 0) is 9.59 Å². The number of hydrogen-bond acceptors (Lipinski definition) is 5. The van der Waals surface area contributed by atoms with E-state index in [4.69, 9.17) is 4.74 Å². The molecule has 2 amide bonds. The van der Waals surface area contributed by atoms with E-state index in [-0.39, 0.29) is 24.2 Å². The Morgan fingerprint density at radius 3 is 3.00 bits per heavy atom. The third-order valence-corrected chi connectivity index (χ3v) is 5.88. The summed E-state index contributed by atoms with van der Waals surface area (Å²) in [5.74, 6) is 0.493. The Balaban J connectivity index is 1.50. The quantitative estimate of drug-likeness (QED) is 0.891. The minimum atomic E-state index is -0.279. The minimum Gasteiger partial charge on any atom is -0.494 e. The molecule has 132 valence electrons. The Hall–Kier alpha value is -2.15. The third kappa shape index (κ3) is 3.20. The van der Waals surface area contributed by atoms with Crippen molar-refractivity contribution in [1.29, 1.82) is 0 Å². The van der Waals surface area contributed by atoms with Gasteiger partial charge in [-0.05, 0) is 44.4 Å². The molecule has 1 aromatic carbocycles. The zero-order valence-corrected chi connectivity index (χ0v) is 15.0. The van der Waals surface area contributed by atoms with Gasteiger partial charge in [0.1, 0.15) is 5.75 Å². The van der Waals surface area contributed by atoms with E-state index < -0.39 is 0 Å². The molecule has 2 aliphatic rings. The van der Waals surface area contributed by atoms with Gasteiger partial charge < -0.3 is 10.1 Å². The Kier molecular flexibility index (Phi) is 4.33. The summed E-state index contributed by atoms with van der Waals surface area (Å²) in [6.07, 6.45) is 3.54. The second kappa shape index (κ2) is 6.63. The third-order valence-electron chi connectivity index (χ3n) is 4.84. The average molecular weight is 359 g/mol. The molecule has 4 rings (SSSR count). The summed E-state index contributed by atoms with van der Waals surface area (Å²) in [6, 6.07) is 6.04. The van der Waals surface area contributed by atoms with Crippen molar-refractivity contribution < 1.29 is 14.3 Å². The maximum Gasteiger partial charge on any atom is 0.229 e. The molecule has 2 fully saturated rings. The highest BCUT2D eigenvalue weighted by Crippen LogP contribution is 2.34. The number of nitrogens with one attached hydrogen (secondary N) is 1. The first kappa shape index (κ1) is 16.3. The van der Waals surface area contributed by atoms with Crippen molar-refractivity contribution in [2.45, 2.75) is 38.6 Å². The number of fused-ring (bicyclic) bond motifs is 1. The number of benzene rings is 1. The number of carbonyl (C=O) groups is 2. The van der Waals surface area contributed by atoms with E-state index in [1.807, 2.05) is 25.1 Å². The van der Waals surface area contributed by atoms with Gasteiger partial charge in [0.25, 0.3) is 0 Å². The van der Waals surface area contributed by atoms with E-state index in [1.165, 1.54) is 17.8 Å². The summed E-state index contributed by atoms with van der Waals surface area (Å²) in [6.45, 7) is 2.97. The van der Waals surface area contributed by atoms with Crippen molar-refractivity contribution in [2.24, 2.45) is 5.92 Å². The smallest absolute Gasteiger partial charge is 0.229 e. The molecule has 2 aromatic rings. The number of thiazole rings is 1. The van der Waals surface area contributed by atoms with Crippen LogP contribution >= 0.6 is 11.3 Å². The standard InChI is InChI=1S/C18H21N3O3S/c1-2-24-13-6-7-14-15(9-13)25-18(20-14)21-10-11(8-16(21)22)17(23)19-12-4-3-5-12/h6-7,9,11-12H,2-5,8,10H2,1H3,(H,19,23). The Morgan fingerprint density at radius 1 is 1.44 bits per heavy atom. The first-order chi connectivity index (χ1) is 12.1. The first-order valence-corrected chi connectivity index (χ1v) is 9.60. The minimum absolute atomic E-state index is 0.000271. The van der Waals surface area contributed by atoms with Crippen LogP contribution in [0.25, 0.3) is 10.2 Å². The summed E-state index contributed by atoms with van der Waals surface area (Å²) in [4.78, 5) is 30.9. The van der Waals surface area contributed by atoms with E-state index in [1.54, 1.807) is 4.90 Å². The largest absolute Gasteiger partial charge is 0.494 e. The molecule has 0 spiro atoms. The summed E-state index contributed by atoms with van der Waals surface area (Å²) in [7, 11) is 0. The maximum absolute atomic E-state index is 12.4. The monoisotopic (exact) mass is 359 g/mol. The van der Waals surface area contributed by atoms with Gasteiger partial charge in [-0.25, -0.2) is 4.98 Å². The lowest BCUT2D eigenvalue weighted by molar-refractivity contribution is -0.127. The van der Waals surface area contributed by atoms with E-state index in [9.17, 15) is 9.59 Å². The number of ether oxygens (including phenoxy) is 1. The topological polar surface area (TPSA) is 71.5 Å². The lowest BCUT2D eigenvalue weighted by Gasteiger charge is -2.27. The van der Waals surface area contributed by atoms with Crippen LogP contribution in [0.4, 0.5) is 5.13 Å². The maximum atomic E-state index is 12.4. The average Bonchev–Trinajstić information content (AvgIpc) is 3.13. The second-order valence-electron chi connectivity index (χ2n) is 6.60. The van der Waals surface area contributed by atoms with Gasteiger partial charge in [0.15, 0.2) is 5.13 Å². The molecular formula is C18H21N3O3S. The van der Waals surface area contributed by atoms with Crippen molar-refractivity contribution in [3.8, 4) is 5.75 Å². The van der Waals surface area contributed by atoms with Crippen molar-refractivity contribution in [2.75, 3.05) is 18.1 Å². The van der Waals surface area contributed by atoms with Crippen LogP contribution < -0.4 is 15.0 Å². The molecule has 1 N–H and O–H groups in total. The fourth-order valence-electron chi connectivity index (χ4n) is 3.20. The zero-order chi connectivity index (χ0) is 17.4. The number of hydrogen-bond donors (Lipinski definition) is 1. The van der Waals surface area contributed by atoms with Gasteiger partial charge in [0.05, 0.1) is 22.7 Å². The molecular weight excluding hydrogens is 338 g/mol. The van der Waals surface area contributed by atoms with Crippen LogP contribution in [0, 0.1) is 5.92 Å². The van der Waals surface area contributed by atoms with Crippen molar-refractivity contribution in [3.05, 3.63) is 18.2 Å². The van der Waals surface area contributed by atoms with Crippen LogP contribution in [0.3, 0.4) is 0 Å². The highest BCUT2D eigenvalue weighted by atomic mass is 32.1. The second-order valence-corrected chi connectivity index (χ2v) is 7.61. The molecule has 0 bridgehead atoms. The fraction of sp³-hybridized carbons (Fsp3) is 0.500. The van der Waals surface area contributed by atoms with Gasteiger partial charge >= 0.3 is 0 Å².